The number of hydrogen-bond acceptors (Lipinski definition) is 2. The molecule has 1 heterocycles. The van der Waals surface area contributed by atoms with E-state index in [-0.39, 0.29) is 11.8 Å². The molecule has 0 N–H and O–H groups in total. The first kappa shape index (κ1) is 10.1. The molecule has 0 fully saturated rings. The predicted molar refractivity (Wildman–Crippen MR) is 60.5 cm³/mol. The highest BCUT2D eigenvalue weighted by Gasteiger charge is 2.26. The van der Waals surface area contributed by atoms with Crippen molar-refractivity contribution in [2.75, 3.05) is 4.90 Å². The van der Waals surface area contributed by atoms with Gasteiger partial charge in [0, 0.05) is 16.6 Å². The minimum absolute atomic E-state index is 0.291. The van der Waals surface area contributed by atoms with Crippen LogP contribution in [0.5, 0.6) is 0 Å². The van der Waals surface area contributed by atoms with E-state index in [0.29, 0.717) is 5.69 Å². The molecule has 4 heteroatoms. The summed E-state index contributed by atoms with van der Waals surface area (Å²) >= 11 is 3.36. The number of benzene rings is 1. The van der Waals surface area contributed by atoms with Gasteiger partial charge in [0.25, 0.3) is 11.8 Å². The summed E-state index contributed by atoms with van der Waals surface area (Å²) in [6.07, 6.45) is 2.56. The second kappa shape index (κ2) is 3.62. The molecule has 0 saturated carbocycles. The van der Waals surface area contributed by atoms with Gasteiger partial charge in [0.1, 0.15) is 0 Å². The minimum Gasteiger partial charge on any atom is -0.269 e. The highest BCUT2D eigenvalue weighted by atomic mass is 79.9. The van der Waals surface area contributed by atoms with Crippen molar-refractivity contribution in [3.63, 3.8) is 0 Å². The van der Waals surface area contributed by atoms with Gasteiger partial charge < -0.3 is 0 Å². The Morgan fingerprint density at radius 1 is 1.13 bits per heavy atom. The summed E-state index contributed by atoms with van der Waals surface area (Å²) in [5.41, 5.74) is 1.51. The Hall–Kier alpha value is -1.42. The van der Waals surface area contributed by atoms with Crippen LogP contribution in [0.15, 0.2) is 34.8 Å². The van der Waals surface area contributed by atoms with E-state index in [1.165, 1.54) is 17.1 Å². The molecule has 0 aromatic heterocycles. The van der Waals surface area contributed by atoms with Gasteiger partial charge in [-0.05, 0) is 24.6 Å². The Bertz CT molecular complexity index is 461. The van der Waals surface area contributed by atoms with Crippen LogP contribution in [0.3, 0.4) is 0 Å². The van der Waals surface area contributed by atoms with Crippen LogP contribution in [0.2, 0.25) is 0 Å². The molecule has 76 valence electrons. The molecule has 1 aliphatic heterocycles. The molecule has 0 radical (unpaired) electrons. The van der Waals surface area contributed by atoms with Crippen molar-refractivity contribution in [2.24, 2.45) is 0 Å². The van der Waals surface area contributed by atoms with E-state index in [1.807, 2.05) is 13.0 Å². The number of hydrogen-bond donors (Lipinski definition) is 0. The number of nitrogens with zero attached hydrogens (tertiary/aromatic N) is 1. The van der Waals surface area contributed by atoms with Gasteiger partial charge in [-0.25, -0.2) is 4.90 Å². The average Bonchev–Trinajstić information content (AvgIpc) is 2.52. The molecule has 15 heavy (non-hydrogen) atoms. The van der Waals surface area contributed by atoms with Gasteiger partial charge in [-0.3, -0.25) is 9.59 Å². The maximum Gasteiger partial charge on any atom is 0.258 e. The van der Waals surface area contributed by atoms with Gasteiger partial charge in [-0.2, -0.15) is 0 Å². The zero-order valence-electron chi connectivity index (χ0n) is 8.03. The lowest BCUT2D eigenvalue weighted by Crippen LogP contribution is -2.30. The van der Waals surface area contributed by atoms with Crippen molar-refractivity contribution in [1.82, 2.24) is 0 Å². The second-order valence-electron chi connectivity index (χ2n) is 3.23. The van der Waals surface area contributed by atoms with E-state index >= 15 is 0 Å². The van der Waals surface area contributed by atoms with Crippen LogP contribution >= 0.6 is 15.9 Å². The molecular weight excluding hydrogens is 258 g/mol. The molecule has 2 amide bonds. The maximum absolute atomic E-state index is 11.5. The molecule has 1 aromatic rings. The summed E-state index contributed by atoms with van der Waals surface area (Å²) in [6.45, 7) is 1.86. The van der Waals surface area contributed by atoms with E-state index in [1.54, 1.807) is 12.1 Å². The largest absolute Gasteiger partial charge is 0.269 e. The standard InChI is InChI=1S/C11H8BrNO2/c1-7-8(12)3-2-4-9(7)13-10(14)5-6-11(13)15/h2-6H,1H3. The van der Waals surface area contributed by atoms with Gasteiger partial charge in [0.15, 0.2) is 0 Å². The molecule has 0 saturated heterocycles. The Morgan fingerprint density at radius 2 is 1.73 bits per heavy atom. The highest BCUT2D eigenvalue weighted by molar-refractivity contribution is 9.10. The van der Waals surface area contributed by atoms with Crippen molar-refractivity contribution in [3.8, 4) is 0 Å². The van der Waals surface area contributed by atoms with Crippen molar-refractivity contribution in [2.45, 2.75) is 6.92 Å². The van der Waals surface area contributed by atoms with Gasteiger partial charge in [0.2, 0.25) is 0 Å². The third kappa shape index (κ3) is 1.61. The zero-order chi connectivity index (χ0) is 11.0. The quantitative estimate of drug-likeness (QED) is 0.730. The molecule has 3 nitrogen and oxygen atoms in total. The number of amides is 2. The maximum atomic E-state index is 11.5. The summed E-state index contributed by atoms with van der Waals surface area (Å²) in [4.78, 5) is 24.1. The smallest absolute Gasteiger partial charge is 0.258 e. The number of imide groups is 1. The van der Waals surface area contributed by atoms with Crippen LogP contribution in [-0.4, -0.2) is 11.8 Å². The first-order valence-electron chi connectivity index (χ1n) is 4.42. The van der Waals surface area contributed by atoms with Crippen molar-refractivity contribution < 1.29 is 9.59 Å². The molecule has 1 aliphatic rings. The number of carbonyl (C=O) groups is 2. The number of halogens is 1. The third-order valence-corrected chi connectivity index (χ3v) is 3.15. The van der Waals surface area contributed by atoms with Crippen molar-refractivity contribution in [1.29, 1.82) is 0 Å². The zero-order valence-corrected chi connectivity index (χ0v) is 9.61. The van der Waals surface area contributed by atoms with E-state index in [9.17, 15) is 9.59 Å². The van der Waals surface area contributed by atoms with Gasteiger partial charge in [-0.1, -0.05) is 22.0 Å². The lowest BCUT2D eigenvalue weighted by Gasteiger charge is -2.16. The Kier molecular flexibility index (Phi) is 2.44. The second-order valence-corrected chi connectivity index (χ2v) is 4.08. The fourth-order valence-corrected chi connectivity index (χ4v) is 1.83. The summed E-state index contributed by atoms with van der Waals surface area (Å²) in [5.74, 6) is -0.581. The SMILES string of the molecule is Cc1c(Br)cccc1N1C(=O)C=CC1=O. The predicted octanol–water partition coefficient (Wildman–Crippen LogP) is 2.19. The number of anilines is 1. The summed E-state index contributed by atoms with van der Waals surface area (Å²) < 4.78 is 0.882. The first-order chi connectivity index (χ1) is 7.11. The Morgan fingerprint density at radius 3 is 2.33 bits per heavy atom. The highest BCUT2D eigenvalue weighted by Crippen LogP contribution is 2.28. The topological polar surface area (TPSA) is 37.4 Å². The lowest BCUT2D eigenvalue weighted by molar-refractivity contribution is -0.119. The van der Waals surface area contributed by atoms with E-state index in [4.69, 9.17) is 0 Å². The van der Waals surface area contributed by atoms with Crippen LogP contribution in [0.25, 0.3) is 0 Å². The van der Waals surface area contributed by atoms with Crippen LogP contribution in [0, 0.1) is 6.92 Å². The van der Waals surface area contributed by atoms with E-state index in [0.717, 1.165) is 10.0 Å². The molecule has 1 aromatic carbocycles. The molecule has 0 spiro atoms. The molecule has 0 atom stereocenters. The number of carbonyl (C=O) groups excluding carboxylic acids is 2. The van der Waals surface area contributed by atoms with Crippen molar-refractivity contribution >= 4 is 33.4 Å². The monoisotopic (exact) mass is 265 g/mol. The Labute approximate surface area is 95.5 Å². The lowest BCUT2D eigenvalue weighted by atomic mass is 10.2. The minimum atomic E-state index is -0.291. The summed E-state index contributed by atoms with van der Waals surface area (Å²) in [6, 6.07) is 5.42. The number of rotatable bonds is 1. The van der Waals surface area contributed by atoms with E-state index < -0.39 is 0 Å². The average molecular weight is 266 g/mol. The van der Waals surface area contributed by atoms with Gasteiger partial charge in [-0.15, -0.1) is 0 Å². The van der Waals surface area contributed by atoms with Crippen molar-refractivity contribution in [3.05, 3.63) is 40.4 Å². The molecule has 0 aliphatic carbocycles. The van der Waals surface area contributed by atoms with Gasteiger partial charge >= 0.3 is 0 Å². The van der Waals surface area contributed by atoms with Crippen LogP contribution in [-0.2, 0) is 9.59 Å². The molecule has 0 bridgehead atoms. The normalized spacial score (nSPS) is 15.2. The van der Waals surface area contributed by atoms with E-state index in [2.05, 4.69) is 15.9 Å². The fraction of sp³-hybridized carbons (Fsp3) is 0.0909. The molecule has 2 rings (SSSR count). The van der Waals surface area contributed by atoms with Crippen LogP contribution in [0.4, 0.5) is 5.69 Å². The van der Waals surface area contributed by atoms with Gasteiger partial charge in [0.05, 0.1) is 5.69 Å². The first-order valence-corrected chi connectivity index (χ1v) is 5.22. The fourth-order valence-electron chi connectivity index (χ4n) is 1.48. The molecule has 0 unspecified atom stereocenters. The van der Waals surface area contributed by atoms with Crippen LogP contribution < -0.4 is 4.90 Å². The summed E-state index contributed by atoms with van der Waals surface area (Å²) in [7, 11) is 0. The summed E-state index contributed by atoms with van der Waals surface area (Å²) in [5, 5.41) is 0. The third-order valence-electron chi connectivity index (χ3n) is 2.29. The molecular formula is C11H8BrNO2. The Balaban J connectivity index is 2.51. The van der Waals surface area contributed by atoms with Crippen LogP contribution in [0.1, 0.15) is 5.56 Å².